The van der Waals surface area contributed by atoms with Gasteiger partial charge in [-0.2, -0.15) is 13.2 Å². The van der Waals surface area contributed by atoms with Crippen molar-refractivity contribution in [3.8, 4) is 0 Å². The molecule has 0 radical (unpaired) electrons. The molecule has 0 aromatic heterocycles. The monoisotopic (exact) mass is 410 g/mol. The lowest BCUT2D eigenvalue weighted by Gasteiger charge is -2.39. The minimum atomic E-state index is -4.41. The average molecular weight is 410 g/mol. The highest BCUT2D eigenvalue weighted by Crippen LogP contribution is 2.40. The third-order valence-corrected chi connectivity index (χ3v) is 6.38. The zero-order valence-electron chi connectivity index (χ0n) is 16.3. The Morgan fingerprint density at radius 3 is 2.38 bits per heavy atom. The van der Waals surface area contributed by atoms with Gasteiger partial charge in [0.05, 0.1) is 5.56 Å². The van der Waals surface area contributed by atoms with Crippen LogP contribution in [-0.4, -0.2) is 41.5 Å². The van der Waals surface area contributed by atoms with E-state index in [1.807, 2.05) is 4.90 Å². The number of piperidine rings is 1. The van der Waals surface area contributed by atoms with Crippen LogP contribution >= 0.6 is 0 Å². The third-order valence-electron chi connectivity index (χ3n) is 6.38. The lowest BCUT2D eigenvalue weighted by Crippen LogP contribution is -2.51. The largest absolute Gasteiger partial charge is 0.416 e. The molecule has 0 unspecified atom stereocenters. The number of halogens is 3. The van der Waals surface area contributed by atoms with Gasteiger partial charge in [0.15, 0.2) is 0 Å². The normalized spacial score (nSPS) is 29.2. The maximum Gasteiger partial charge on any atom is 0.416 e. The van der Waals surface area contributed by atoms with E-state index >= 15 is 0 Å². The van der Waals surface area contributed by atoms with E-state index in [4.69, 9.17) is 4.74 Å². The van der Waals surface area contributed by atoms with Gasteiger partial charge in [-0.15, -0.1) is 0 Å². The Morgan fingerprint density at radius 2 is 1.83 bits per heavy atom. The molecule has 3 heterocycles. The number of carbonyl (C=O) groups excluding carboxylic acids is 2. The number of nitrogens with one attached hydrogen (secondary N) is 1. The Hall–Kier alpha value is -2.09. The molecule has 3 aliphatic heterocycles. The van der Waals surface area contributed by atoms with Crippen LogP contribution in [0.3, 0.4) is 0 Å². The SMILES string of the molecule is Cc1cc(C(F)(F)F)ccc1NC(=O)C1C[C@@H]2CC[C@@H](C1)N2C(=O)[C@@H]1CCCO1. The maximum atomic E-state index is 12.8. The quantitative estimate of drug-likeness (QED) is 0.822. The van der Waals surface area contributed by atoms with Crippen LogP contribution in [0.2, 0.25) is 0 Å². The molecule has 5 nitrogen and oxygen atoms in total. The van der Waals surface area contributed by atoms with Crippen LogP contribution in [0.5, 0.6) is 0 Å². The number of aryl methyl sites for hydroxylation is 1. The fourth-order valence-corrected chi connectivity index (χ4v) is 4.90. The lowest BCUT2D eigenvalue weighted by molar-refractivity contribution is -0.147. The number of carbonyl (C=O) groups is 2. The number of amides is 2. The minimum absolute atomic E-state index is 0.0369. The number of nitrogens with zero attached hydrogens (tertiary/aromatic N) is 1. The molecule has 0 aliphatic carbocycles. The predicted molar refractivity (Wildman–Crippen MR) is 100 cm³/mol. The molecular weight excluding hydrogens is 385 g/mol. The molecule has 0 spiro atoms. The number of benzene rings is 1. The van der Waals surface area contributed by atoms with Gasteiger partial charge in [0, 0.05) is 30.3 Å². The summed E-state index contributed by atoms with van der Waals surface area (Å²) in [4.78, 5) is 27.5. The minimum Gasteiger partial charge on any atom is -0.368 e. The van der Waals surface area contributed by atoms with Gasteiger partial charge in [0.25, 0.3) is 5.91 Å². The number of hydrogen-bond acceptors (Lipinski definition) is 3. The lowest BCUT2D eigenvalue weighted by atomic mass is 9.89. The number of alkyl halides is 3. The van der Waals surface area contributed by atoms with Crippen molar-refractivity contribution in [2.45, 2.75) is 69.8 Å². The number of ether oxygens (including phenoxy) is 1. The van der Waals surface area contributed by atoms with Crippen molar-refractivity contribution in [1.29, 1.82) is 0 Å². The molecule has 3 atom stereocenters. The topological polar surface area (TPSA) is 58.6 Å². The van der Waals surface area contributed by atoms with E-state index in [0.717, 1.165) is 37.8 Å². The van der Waals surface area contributed by atoms with Crippen molar-refractivity contribution >= 4 is 17.5 Å². The Bertz CT molecular complexity index is 791. The molecule has 3 aliphatic rings. The highest BCUT2D eigenvalue weighted by molar-refractivity contribution is 5.93. The van der Waals surface area contributed by atoms with E-state index in [1.165, 1.54) is 6.07 Å². The summed E-state index contributed by atoms with van der Waals surface area (Å²) >= 11 is 0. The number of fused-ring (bicyclic) bond motifs is 2. The summed E-state index contributed by atoms with van der Waals surface area (Å²) in [5.74, 6) is -0.385. The zero-order chi connectivity index (χ0) is 20.8. The Balaban J connectivity index is 1.41. The van der Waals surface area contributed by atoms with Crippen LogP contribution in [-0.2, 0) is 20.5 Å². The molecule has 2 amide bonds. The molecule has 3 saturated heterocycles. The Morgan fingerprint density at radius 1 is 1.14 bits per heavy atom. The van der Waals surface area contributed by atoms with Crippen LogP contribution in [0.4, 0.5) is 18.9 Å². The molecule has 158 valence electrons. The van der Waals surface area contributed by atoms with Gasteiger partial charge in [-0.05, 0) is 69.2 Å². The summed E-state index contributed by atoms with van der Waals surface area (Å²) in [6.45, 7) is 2.18. The standard InChI is InChI=1S/C21H25F3N2O3/c1-12-9-14(21(22,23)24)4-7-17(12)25-19(27)13-10-15-5-6-16(11-13)26(15)20(28)18-3-2-8-29-18/h4,7,9,13,15-16,18H,2-3,5-6,8,10-11H2,1H3,(H,25,27)/t15-,16-,18-/m0/s1. The van der Waals surface area contributed by atoms with Crippen molar-refractivity contribution in [2.75, 3.05) is 11.9 Å². The Labute approximate surface area is 167 Å². The average Bonchev–Trinajstić information content (AvgIpc) is 3.28. The van der Waals surface area contributed by atoms with Gasteiger partial charge in [-0.1, -0.05) is 0 Å². The van der Waals surface area contributed by atoms with E-state index in [1.54, 1.807) is 6.92 Å². The summed E-state index contributed by atoms with van der Waals surface area (Å²) in [7, 11) is 0. The molecule has 1 N–H and O–H groups in total. The highest BCUT2D eigenvalue weighted by Gasteiger charge is 2.47. The fourth-order valence-electron chi connectivity index (χ4n) is 4.90. The maximum absolute atomic E-state index is 12.8. The van der Waals surface area contributed by atoms with E-state index in [-0.39, 0.29) is 35.9 Å². The van der Waals surface area contributed by atoms with Crippen LogP contribution in [0.15, 0.2) is 18.2 Å². The van der Waals surface area contributed by atoms with Crippen LogP contribution < -0.4 is 5.32 Å². The highest BCUT2D eigenvalue weighted by atomic mass is 19.4. The molecule has 4 rings (SSSR count). The van der Waals surface area contributed by atoms with Gasteiger partial charge in [0.2, 0.25) is 5.91 Å². The van der Waals surface area contributed by atoms with Gasteiger partial charge in [-0.3, -0.25) is 9.59 Å². The first-order valence-electron chi connectivity index (χ1n) is 10.2. The van der Waals surface area contributed by atoms with Crippen LogP contribution in [0.1, 0.15) is 49.7 Å². The second-order valence-electron chi connectivity index (χ2n) is 8.32. The molecule has 29 heavy (non-hydrogen) atoms. The third kappa shape index (κ3) is 3.99. The van der Waals surface area contributed by atoms with Crippen molar-refractivity contribution in [1.82, 2.24) is 4.90 Å². The summed E-state index contributed by atoms with van der Waals surface area (Å²) < 4.78 is 44.0. The second kappa shape index (κ2) is 7.63. The molecule has 0 saturated carbocycles. The number of rotatable bonds is 3. The first-order chi connectivity index (χ1) is 13.7. The van der Waals surface area contributed by atoms with Gasteiger partial charge >= 0.3 is 6.18 Å². The summed E-state index contributed by atoms with van der Waals surface area (Å²) in [6, 6.07) is 3.41. The van der Waals surface area contributed by atoms with Crippen LogP contribution in [0, 0.1) is 12.8 Å². The van der Waals surface area contributed by atoms with Crippen molar-refractivity contribution < 1.29 is 27.5 Å². The second-order valence-corrected chi connectivity index (χ2v) is 8.32. The summed E-state index contributed by atoms with van der Waals surface area (Å²) in [5.41, 5.74) is 0.0438. The summed E-state index contributed by atoms with van der Waals surface area (Å²) in [5, 5.41) is 2.79. The van der Waals surface area contributed by atoms with Crippen LogP contribution in [0.25, 0.3) is 0 Å². The van der Waals surface area contributed by atoms with Gasteiger partial charge in [0.1, 0.15) is 6.10 Å². The molecule has 3 fully saturated rings. The van der Waals surface area contributed by atoms with E-state index in [0.29, 0.717) is 30.7 Å². The Kier molecular flexibility index (Phi) is 5.31. The van der Waals surface area contributed by atoms with E-state index < -0.39 is 11.7 Å². The number of anilines is 1. The first-order valence-corrected chi connectivity index (χ1v) is 10.2. The first kappa shape index (κ1) is 20.2. The van der Waals surface area contributed by atoms with E-state index in [9.17, 15) is 22.8 Å². The smallest absolute Gasteiger partial charge is 0.368 e. The van der Waals surface area contributed by atoms with Crippen molar-refractivity contribution in [3.05, 3.63) is 29.3 Å². The fraction of sp³-hybridized carbons (Fsp3) is 0.619. The van der Waals surface area contributed by atoms with Crippen molar-refractivity contribution in [3.63, 3.8) is 0 Å². The molecule has 8 heteroatoms. The van der Waals surface area contributed by atoms with E-state index in [2.05, 4.69) is 5.32 Å². The number of hydrogen-bond donors (Lipinski definition) is 1. The molecule has 2 bridgehead atoms. The molecule has 1 aromatic rings. The van der Waals surface area contributed by atoms with Gasteiger partial charge in [-0.25, -0.2) is 0 Å². The predicted octanol–water partition coefficient (Wildman–Crippen LogP) is 3.90. The zero-order valence-corrected chi connectivity index (χ0v) is 16.3. The molecule has 1 aromatic carbocycles. The molecular formula is C21H25F3N2O3. The summed E-state index contributed by atoms with van der Waals surface area (Å²) in [6.07, 6.45) is -0.171. The van der Waals surface area contributed by atoms with Gasteiger partial charge < -0.3 is 15.0 Å². The van der Waals surface area contributed by atoms with Crippen molar-refractivity contribution in [2.24, 2.45) is 5.92 Å².